The van der Waals surface area contributed by atoms with Gasteiger partial charge in [-0.15, -0.1) is 0 Å². The lowest BCUT2D eigenvalue weighted by Crippen LogP contribution is -2.07. The van der Waals surface area contributed by atoms with Crippen molar-refractivity contribution in [1.82, 2.24) is 0 Å². The molecule has 0 fully saturated rings. The lowest BCUT2D eigenvalue weighted by Gasteiger charge is -2.05. The Bertz CT molecular complexity index is 731. The van der Waals surface area contributed by atoms with Gasteiger partial charge in [0.2, 0.25) is 5.91 Å². The highest BCUT2D eigenvalue weighted by Crippen LogP contribution is 2.14. The molecule has 0 aliphatic rings. The lowest BCUT2D eigenvalue weighted by molar-refractivity contribution is -0.111. The quantitative estimate of drug-likeness (QED) is 0.431. The molecule has 0 aromatic heterocycles. The number of hydrogen-bond acceptors (Lipinski definition) is 3. The van der Waals surface area contributed by atoms with Crippen LogP contribution in [0.5, 0.6) is 5.75 Å². The van der Waals surface area contributed by atoms with Gasteiger partial charge in [0.1, 0.15) is 5.75 Å². The largest absolute Gasteiger partial charge is 0.494 e. The number of hydrogen-bond donors (Lipinski definition) is 1. The van der Waals surface area contributed by atoms with Crippen LogP contribution in [-0.2, 0) is 4.79 Å². The van der Waals surface area contributed by atoms with E-state index in [0.717, 1.165) is 30.8 Å². The van der Waals surface area contributed by atoms with Crippen LogP contribution in [0.25, 0.3) is 6.08 Å². The van der Waals surface area contributed by atoms with Crippen molar-refractivity contribution >= 4 is 23.5 Å². The Labute approximate surface area is 148 Å². The molecule has 25 heavy (non-hydrogen) atoms. The maximum atomic E-state index is 12.0. The first kappa shape index (κ1) is 18.5. The van der Waals surface area contributed by atoms with E-state index in [0.29, 0.717) is 11.3 Å². The van der Waals surface area contributed by atoms with Gasteiger partial charge in [-0.1, -0.05) is 25.5 Å². The van der Waals surface area contributed by atoms with Crippen LogP contribution in [-0.4, -0.2) is 18.3 Å². The number of carbonyl (C=O) groups is 2. The molecular weight excluding hydrogens is 314 g/mol. The molecule has 0 heterocycles. The number of nitrogens with one attached hydrogen (secondary N) is 1. The first-order valence-electron chi connectivity index (χ1n) is 8.41. The number of carbonyl (C=O) groups excluding carboxylic acids is 2. The van der Waals surface area contributed by atoms with E-state index >= 15 is 0 Å². The zero-order valence-corrected chi connectivity index (χ0v) is 14.6. The highest BCUT2D eigenvalue weighted by Gasteiger charge is 2.01. The number of benzene rings is 2. The van der Waals surface area contributed by atoms with Crippen LogP contribution >= 0.6 is 0 Å². The molecule has 0 aliphatic carbocycles. The highest BCUT2D eigenvalue weighted by molar-refractivity contribution is 6.02. The smallest absolute Gasteiger partial charge is 0.248 e. The molecule has 0 radical (unpaired) electrons. The molecule has 0 saturated carbocycles. The Kier molecular flexibility index (Phi) is 6.96. The second-order valence-corrected chi connectivity index (χ2v) is 5.73. The van der Waals surface area contributed by atoms with Gasteiger partial charge in [-0.05, 0) is 61.4 Å². The van der Waals surface area contributed by atoms with Crippen molar-refractivity contribution < 1.29 is 14.3 Å². The summed E-state index contributed by atoms with van der Waals surface area (Å²) in [5.41, 5.74) is 2.19. The number of ether oxygens (including phenoxy) is 1. The van der Waals surface area contributed by atoms with E-state index in [4.69, 9.17) is 4.74 Å². The van der Waals surface area contributed by atoms with Crippen LogP contribution in [0.15, 0.2) is 54.6 Å². The molecule has 0 unspecified atom stereocenters. The normalized spacial score (nSPS) is 10.6. The van der Waals surface area contributed by atoms with Crippen LogP contribution in [0.3, 0.4) is 0 Å². The second-order valence-electron chi connectivity index (χ2n) is 5.73. The van der Waals surface area contributed by atoms with Crippen molar-refractivity contribution in [3.63, 3.8) is 0 Å². The Hall–Kier alpha value is -2.88. The Balaban J connectivity index is 1.87. The summed E-state index contributed by atoms with van der Waals surface area (Å²) in [5, 5.41) is 2.76. The molecule has 2 aromatic carbocycles. The van der Waals surface area contributed by atoms with E-state index in [2.05, 4.69) is 12.2 Å². The molecule has 4 heteroatoms. The van der Waals surface area contributed by atoms with Crippen molar-refractivity contribution in [2.24, 2.45) is 0 Å². The van der Waals surface area contributed by atoms with Crippen molar-refractivity contribution in [1.29, 1.82) is 0 Å². The van der Waals surface area contributed by atoms with Crippen LogP contribution < -0.4 is 10.1 Å². The Morgan fingerprint density at radius 1 is 1.04 bits per heavy atom. The summed E-state index contributed by atoms with van der Waals surface area (Å²) >= 11 is 0. The monoisotopic (exact) mass is 337 g/mol. The molecule has 130 valence electrons. The summed E-state index contributed by atoms with van der Waals surface area (Å²) in [4.78, 5) is 23.2. The third-order valence-electron chi connectivity index (χ3n) is 3.63. The topological polar surface area (TPSA) is 55.4 Å². The molecule has 1 N–H and O–H groups in total. The van der Waals surface area contributed by atoms with Crippen molar-refractivity contribution in [3.05, 3.63) is 65.7 Å². The van der Waals surface area contributed by atoms with Crippen LogP contribution in [0.1, 0.15) is 42.6 Å². The predicted molar refractivity (Wildman–Crippen MR) is 101 cm³/mol. The number of unbranched alkanes of at least 4 members (excludes halogenated alkanes) is 1. The van der Waals surface area contributed by atoms with Gasteiger partial charge in [-0.2, -0.15) is 0 Å². The fourth-order valence-electron chi connectivity index (χ4n) is 2.15. The molecule has 0 saturated heterocycles. The predicted octanol–water partition coefficient (Wildman–Crippen LogP) is 4.72. The zero-order valence-electron chi connectivity index (χ0n) is 14.6. The van der Waals surface area contributed by atoms with Gasteiger partial charge < -0.3 is 10.1 Å². The summed E-state index contributed by atoms with van der Waals surface area (Å²) in [6, 6.07) is 14.4. The maximum absolute atomic E-state index is 12.0. The molecule has 0 spiro atoms. The molecule has 1 amide bonds. The first-order chi connectivity index (χ1) is 12.1. The maximum Gasteiger partial charge on any atom is 0.248 e. The van der Waals surface area contributed by atoms with Gasteiger partial charge in [0, 0.05) is 17.3 Å². The fraction of sp³-hybridized carbons (Fsp3) is 0.238. The summed E-state index contributed by atoms with van der Waals surface area (Å²) in [7, 11) is 0. The second kappa shape index (κ2) is 9.42. The van der Waals surface area contributed by atoms with Crippen molar-refractivity contribution in [3.8, 4) is 5.75 Å². The van der Waals surface area contributed by atoms with Gasteiger partial charge >= 0.3 is 0 Å². The van der Waals surface area contributed by atoms with E-state index < -0.39 is 0 Å². The molecule has 4 nitrogen and oxygen atoms in total. The standard InChI is InChI=1S/C21H23NO3/c1-3-4-15-25-20-12-5-17(6-13-20)7-14-21(24)22-19-10-8-18(9-11-19)16(2)23/h5-14H,3-4,15H2,1-2H3,(H,22,24). The average molecular weight is 337 g/mol. The average Bonchev–Trinajstić information content (AvgIpc) is 2.62. The van der Waals surface area contributed by atoms with Gasteiger partial charge in [0.15, 0.2) is 5.78 Å². The van der Waals surface area contributed by atoms with Gasteiger partial charge in [0.25, 0.3) is 0 Å². The first-order valence-corrected chi connectivity index (χ1v) is 8.41. The van der Waals surface area contributed by atoms with E-state index in [-0.39, 0.29) is 11.7 Å². The van der Waals surface area contributed by atoms with E-state index in [1.807, 2.05) is 24.3 Å². The van der Waals surface area contributed by atoms with Gasteiger partial charge in [-0.25, -0.2) is 0 Å². The summed E-state index contributed by atoms with van der Waals surface area (Å²) < 4.78 is 5.61. The van der Waals surface area contributed by atoms with Crippen molar-refractivity contribution in [2.45, 2.75) is 26.7 Å². The minimum Gasteiger partial charge on any atom is -0.494 e. The fourth-order valence-corrected chi connectivity index (χ4v) is 2.15. The minimum atomic E-state index is -0.223. The minimum absolute atomic E-state index is 0.0000991. The Morgan fingerprint density at radius 2 is 1.72 bits per heavy atom. The number of Topliss-reactive ketones (excluding diaryl/α,β-unsaturated/α-hetero) is 1. The molecule has 2 aromatic rings. The molecule has 0 bridgehead atoms. The number of ketones is 1. The van der Waals surface area contributed by atoms with Gasteiger partial charge in [-0.3, -0.25) is 9.59 Å². The summed E-state index contributed by atoms with van der Waals surface area (Å²) in [6.45, 7) is 4.35. The molecule has 2 rings (SSSR count). The van der Waals surface area contributed by atoms with E-state index in [9.17, 15) is 9.59 Å². The molecule has 0 aliphatic heterocycles. The summed E-state index contributed by atoms with van der Waals surface area (Å²) in [6.07, 6.45) is 5.36. The molecule has 0 atom stereocenters. The Morgan fingerprint density at radius 3 is 2.32 bits per heavy atom. The third-order valence-corrected chi connectivity index (χ3v) is 3.63. The van der Waals surface area contributed by atoms with E-state index in [1.54, 1.807) is 30.3 Å². The SMILES string of the molecule is CCCCOc1ccc(C=CC(=O)Nc2ccc(C(C)=O)cc2)cc1. The van der Waals surface area contributed by atoms with Crippen molar-refractivity contribution in [2.75, 3.05) is 11.9 Å². The lowest BCUT2D eigenvalue weighted by atomic mass is 10.1. The highest BCUT2D eigenvalue weighted by atomic mass is 16.5. The molecular formula is C21H23NO3. The number of amides is 1. The summed E-state index contributed by atoms with van der Waals surface area (Å²) in [5.74, 6) is 0.611. The van der Waals surface area contributed by atoms with Crippen LogP contribution in [0.2, 0.25) is 0 Å². The van der Waals surface area contributed by atoms with Crippen LogP contribution in [0.4, 0.5) is 5.69 Å². The van der Waals surface area contributed by atoms with Gasteiger partial charge in [0.05, 0.1) is 6.61 Å². The van der Waals surface area contributed by atoms with E-state index in [1.165, 1.54) is 13.0 Å². The van der Waals surface area contributed by atoms with Crippen LogP contribution in [0, 0.1) is 0 Å². The zero-order chi connectivity index (χ0) is 18.1. The number of anilines is 1. The third kappa shape index (κ3) is 6.26. The number of rotatable bonds is 8.